The van der Waals surface area contributed by atoms with Crippen LogP contribution in [0.15, 0.2) is 34.2 Å². The van der Waals surface area contributed by atoms with Gasteiger partial charge in [-0.25, -0.2) is 9.97 Å². The number of aromatic nitrogens is 2. The zero-order chi connectivity index (χ0) is 12.1. The number of hydrogen-bond acceptors (Lipinski definition) is 4. The highest BCUT2D eigenvalue weighted by Gasteiger charge is 2.10. The molecule has 0 fully saturated rings. The molecule has 0 N–H and O–H groups in total. The lowest BCUT2D eigenvalue weighted by molar-refractivity contribution is 0.530. The summed E-state index contributed by atoms with van der Waals surface area (Å²) in [7, 11) is 0. The third kappa shape index (κ3) is 3.23. The summed E-state index contributed by atoms with van der Waals surface area (Å²) in [5.74, 6) is 1.70. The molecule has 2 aromatic heterocycles. The number of furan rings is 1. The molecule has 2 aromatic rings. The minimum Gasteiger partial charge on any atom is -0.468 e. The molecule has 17 heavy (non-hydrogen) atoms. The average molecular weight is 269 g/mol. The summed E-state index contributed by atoms with van der Waals surface area (Å²) in [6.45, 7) is 2.12. The Labute approximate surface area is 110 Å². The van der Waals surface area contributed by atoms with Crippen molar-refractivity contribution < 1.29 is 4.42 Å². The summed E-state index contributed by atoms with van der Waals surface area (Å²) >= 11 is 7.71. The zero-order valence-corrected chi connectivity index (χ0v) is 11.1. The maximum atomic E-state index is 6.08. The van der Waals surface area contributed by atoms with Gasteiger partial charge in [0, 0.05) is 5.56 Å². The molecular formula is C12H13ClN2OS. The molecule has 0 spiro atoms. The molecule has 3 nitrogen and oxygen atoms in total. The molecule has 0 bridgehead atoms. The molecule has 0 atom stereocenters. The van der Waals surface area contributed by atoms with Crippen molar-refractivity contribution in [1.29, 1.82) is 0 Å². The molecular weight excluding hydrogens is 256 g/mol. The number of nitrogens with zero attached hydrogens (tertiary/aromatic N) is 2. The van der Waals surface area contributed by atoms with Gasteiger partial charge in [0.2, 0.25) is 0 Å². The first-order valence-electron chi connectivity index (χ1n) is 5.45. The molecule has 90 valence electrons. The van der Waals surface area contributed by atoms with E-state index in [1.165, 1.54) is 6.33 Å². The van der Waals surface area contributed by atoms with Crippen molar-refractivity contribution in [1.82, 2.24) is 9.97 Å². The van der Waals surface area contributed by atoms with Gasteiger partial charge >= 0.3 is 0 Å². The summed E-state index contributed by atoms with van der Waals surface area (Å²) in [4.78, 5) is 8.30. The number of rotatable bonds is 5. The normalized spacial score (nSPS) is 10.7. The first-order valence-corrected chi connectivity index (χ1v) is 6.82. The van der Waals surface area contributed by atoms with Crippen molar-refractivity contribution in [2.24, 2.45) is 0 Å². The van der Waals surface area contributed by atoms with Crippen molar-refractivity contribution >= 4 is 23.4 Å². The predicted octanol–water partition coefficient (Wildman–Crippen LogP) is 3.97. The van der Waals surface area contributed by atoms with E-state index in [4.69, 9.17) is 16.0 Å². The summed E-state index contributed by atoms with van der Waals surface area (Å²) in [5, 5.41) is 1.51. The van der Waals surface area contributed by atoms with E-state index in [1.807, 2.05) is 12.1 Å². The summed E-state index contributed by atoms with van der Waals surface area (Å²) in [5.41, 5.74) is 1.04. The first kappa shape index (κ1) is 12.5. The van der Waals surface area contributed by atoms with Gasteiger partial charge in [-0.2, -0.15) is 0 Å². The first-order chi connectivity index (χ1) is 8.31. The molecule has 0 radical (unpaired) electrons. The van der Waals surface area contributed by atoms with Crippen LogP contribution in [0.1, 0.15) is 24.7 Å². The Hall–Kier alpha value is -1.00. The van der Waals surface area contributed by atoms with Crippen LogP contribution < -0.4 is 0 Å². The standard InChI is InChI=1S/C12H13ClN2OS/c1-2-4-10-11(13)14-8-15-12(10)17-7-9-5-3-6-16-9/h3,5-6,8H,2,4,7H2,1H3. The molecule has 2 rings (SSSR count). The molecule has 2 heterocycles. The highest BCUT2D eigenvalue weighted by molar-refractivity contribution is 7.98. The maximum absolute atomic E-state index is 6.08. The summed E-state index contributed by atoms with van der Waals surface area (Å²) in [6.07, 6.45) is 5.11. The second-order valence-corrected chi connectivity index (χ2v) is 4.89. The van der Waals surface area contributed by atoms with Gasteiger partial charge < -0.3 is 4.42 Å². The van der Waals surface area contributed by atoms with Crippen LogP contribution in [0, 0.1) is 0 Å². The van der Waals surface area contributed by atoms with Crippen LogP contribution in [0.5, 0.6) is 0 Å². The van der Waals surface area contributed by atoms with Gasteiger partial charge in [-0.05, 0) is 18.6 Å². The van der Waals surface area contributed by atoms with Gasteiger partial charge in [-0.15, -0.1) is 0 Å². The van der Waals surface area contributed by atoms with Crippen LogP contribution in [0.3, 0.4) is 0 Å². The maximum Gasteiger partial charge on any atom is 0.136 e. The van der Waals surface area contributed by atoms with Crippen molar-refractivity contribution in [3.63, 3.8) is 0 Å². The van der Waals surface area contributed by atoms with E-state index >= 15 is 0 Å². The lowest BCUT2D eigenvalue weighted by atomic mass is 10.2. The Kier molecular flexibility index (Phi) is 4.45. The molecule has 0 unspecified atom stereocenters. The molecule has 0 saturated carbocycles. The summed E-state index contributed by atoms with van der Waals surface area (Å²) < 4.78 is 5.29. The lowest BCUT2D eigenvalue weighted by Gasteiger charge is -2.07. The van der Waals surface area contributed by atoms with Crippen LogP contribution in [-0.4, -0.2) is 9.97 Å². The van der Waals surface area contributed by atoms with E-state index in [-0.39, 0.29) is 0 Å². The minimum atomic E-state index is 0.559. The molecule has 0 aliphatic rings. The fraction of sp³-hybridized carbons (Fsp3) is 0.333. The Morgan fingerprint density at radius 2 is 2.29 bits per heavy atom. The Bertz CT molecular complexity index is 473. The van der Waals surface area contributed by atoms with Gasteiger partial charge in [-0.1, -0.05) is 36.7 Å². The van der Waals surface area contributed by atoms with Crippen molar-refractivity contribution in [2.45, 2.75) is 30.5 Å². The van der Waals surface area contributed by atoms with E-state index in [0.29, 0.717) is 5.15 Å². The van der Waals surface area contributed by atoms with Gasteiger partial charge in [0.25, 0.3) is 0 Å². The molecule has 0 aromatic carbocycles. The third-order valence-corrected chi connectivity index (χ3v) is 3.66. The van der Waals surface area contributed by atoms with E-state index in [2.05, 4.69) is 16.9 Å². The molecule has 0 aliphatic heterocycles. The monoisotopic (exact) mass is 268 g/mol. The zero-order valence-electron chi connectivity index (χ0n) is 9.52. The van der Waals surface area contributed by atoms with E-state index in [1.54, 1.807) is 18.0 Å². The van der Waals surface area contributed by atoms with E-state index in [9.17, 15) is 0 Å². The minimum absolute atomic E-state index is 0.559. The number of hydrogen-bond donors (Lipinski definition) is 0. The second-order valence-electron chi connectivity index (χ2n) is 3.57. The SMILES string of the molecule is CCCc1c(Cl)ncnc1SCc1ccco1. The van der Waals surface area contributed by atoms with Crippen molar-refractivity contribution in [3.8, 4) is 0 Å². The largest absolute Gasteiger partial charge is 0.468 e. The molecule has 0 aliphatic carbocycles. The lowest BCUT2D eigenvalue weighted by Crippen LogP contribution is -1.95. The topological polar surface area (TPSA) is 38.9 Å². The van der Waals surface area contributed by atoms with E-state index < -0.39 is 0 Å². The van der Waals surface area contributed by atoms with E-state index in [0.717, 1.165) is 34.9 Å². The molecule has 5 heteroatoms. The fourth-order valence-corrected chi connectivity index (χ4v) is 2.72. The average Bonchev–Trinajstić information content (AvgIpc) is 2.83. The second kappa shape index (κ2) is 6.07. The van der Waals surface area contributed by atoms with Crippen LogP contribution in [0.25, 0.3) is 0 Å². The summed E-state index contributed by atoms with van der Waals surface area (Å²) in [6, 6.07) is 3.84. The third-order valence-electron chi connectivity index (χ3n) is 2.28. The van der Waals surface area contributed by atoms with Crippen molar-refractivity contribution in [2.75, 3.05) is 0 Å². The Morgan fingerprint density at radius 3 is 3.00 bits per heavy atom. The molecule has 0 amide bonds. The highest BCUT2D eigenvalue weighted by atomic mass is 35.5. The predicted molar refractivity (Wildman–Crippen MR) is 69.3 cm³/mol. The van der Waals surface area contributed by atoms with Gasteiger partial charge in [0.05, 0.1) is 12.0 Å². The fourth-order valence-electron chi connectivity index (χ4n) is 1.49. The van der Waals surface area contributed by atoms with Gasteiger partial charge in [0.15, 0.2) is 0 Å². The van der Waals surface area contributed by atoms with Gasteiger partial charge in [0.1, 0.15) is 22.3 Å². The number of thioether (sulfide) groups is 1. The van der Waals surface area contributed by atoms with Crippen LogP contribution in [-0.2, 0) is 12.2 Å². The van der Waals surface area contributed by atoms with Crippen LogP contribution >= 0.6 is 23.4 Å². The van der Waals surface area contributed by atoms with Gasteiger partial charge in [-0.3, -0.25) is 0 Å². The smallest absolute Gasteiger partial charge is 0.136 e. The Balaban J connectivity index is 2.11. The quantitative estimate of drug-likeness (QED) is 0.608. The highest BCUT2D eigenvalue weighted by Crippen LogP contribution is 2.28. The van der Waals surface area contributed by atoms with Crippen LogP contribution in [0.2, 0.25) is 5.15 Å². The van der Waals surface area contributed by atoms with Crippen LogP contribution in [0.4, 0.5) is 0 Å². The Morgan fingerprint density at radius 1 is 1.41 bits per heavy atom. The number of halogens is 1. The van der Waals surface area contributed by atoms with Crippen molar-refractivity contribution in [3.05, 3.63) is 41.2 Å². The molecule has 0 saturated heterocycles.